The Hall–Kier alpha value is -1.76. The number of nitrogens with zero attached hydrogens (tertiary/aromatic N) is 2. The van der Waals surface area contributed by atoms with Crippen molar-refractivity contribution in [3.63, 3.8) is 0 Å². The zero-order valence-corrected chi connectivity index (χ0v) is 15.2. The summed E-state index contributed by atoms with van der Waals surface area (Å²) in [5, 5.41) is 0. The summed E-state index contributed by atoms with van der Waals surface area (Å²) in [6.45, 7) is 4.87. The minimum Gasteiger partial charge on any atom is -0.296 e. The number of benzene rings is 2. The molecule has 1 aliphatic heterocycles. The summed E-state index contributed by atoms with van der Waals surface area (Å²) < 4.78 is 40.3. The van der Waals surface area contributed by atoms with Gasteiger partial charge in [0.25, 0.3) is 0 Å². The Labute approximate surface area is 148 Å². The lowest BCUT2D eigenvalue weighted by molar-refractivity contribution is 0.181. The van der Waals surface area contributed by atoms with Crippen molar-refractivity contribution in [2.75, 3.05) is 26.2 Å². The molecule has 0 atom stereocenters. The molecule has 1 aliphatic rings. The number of sulfonamides is 1. The Morgan fingerprint density at radius 3 is 2.24 bits per heavy atom. The van der Waals surface area contributed by atoms with Crippen LogP contribution in [0.1, 0.15) is 18.1 Å². The van der Waals surface area contributed by atoms with E-state index in [2.05, 4.69) is 4.90 Å². The van der Waals surface area contributed by atoms with Crippen LogP contribution in [0.3, 0.4) is 0 Å². The molecule has 134 valence electrons. The third-order valence-corrected chi connectivity index (χ3v) is 6.51. The molecule has 0 aromatic heterocycles. The SMILES string of the molecule is CCc1ccc(S(=O)(=O)N2CCN(Cc3cccc(F)c3)CC2)cc1. The van der Waals surface area contributed by atoms with Crippen molar-refractivity contribution in [2.24, 2.45) is 0 Å². The van der Waals surface area contributed by atoms with Crippen molar-refractivity contribution in [3.8, 4) is 0 Å². The van der Waals surface area contributed by atoms with E-state index < -0.39 is 10.0 Å². The largest absolute Gasteiger partial charge is 0.296 e. The Morgan fingerprint density at radius 2 is 1.64 bits per heavy atom. The van der Waals surface area contributed by atoms with Gasteiger partial charge in [0.1, 0.15) is 5.82 Å². The highest BCUT2D eigenvalue weighted by Crippen LogP contribution is 2.19. The first-order valence-electron chi connectivity index (χ1n) is 8.55. The second-order valence-electron chi connectivity index (χ2n) is 6.31. The molecule has 4 nitrogen and oxygen atoms in total. The Balaban J connectivity index is 1.62. The minimum absolute atomic E-state index is 0.241. The van der Waals surface area contributed by atoms with Gasteiger partial charge in [-0.05, 0) is 41.8 Å². The van der Waals surface area contributed by atoms with Gasteiger partial charge < -0.3 is 0 Å². The van der Waals surface area contributed by atoms with Crippen molar-refractivity contribution in [3.05, 3.63) is 65.5 Å². The van der Waals surface area contributed by atoms with E-state index in [-0.39, 0.29) is 5.82 Å². The highest BCUT2D eigenvalue weighted by Gasteiger charge is 2.28. The number of rotatable bonds is 5. The molecular formula is C19H23FN2O2S. The molecule has 25 heavy (non-hydrogen) atoms. The summed E-state index contributed by atoms with van der Waals surface area (Å²) in [5.74, 6) is -0.241. The summed E-state index contributed by atoms with van der Waals surface area (Å²) >= 11 is 0. The third kappa shape index (κ3) is 4.26. The quantitative estimate of drug-likeness (QED) is 0.821. The molecule has 0 radical (unpaired) electrons. The number of hydrogen-bond donors (Lipinski definition) is 0. The third-order valence-electron chi connectivity index (χ3n) is 4.60. The average molecular weight is 362 g/mol. The van der Waals surface area contributed by atoms with Gasteiger partial charge in [0.05, 0.1) is 4.90 Å². The summed E-state index contributed by atoms with van der Waals surface area (Å²) in [4.78, 5) is 2.50. The van der Waals surface area contributed by atoms with Gasteiger partial charge in [-0.2, -0.15) is 4.31 Å². The number of hydrogen-bond acceptors (Lipinski definition) is 3. The molecule has 0 bridgehead atoms. The topological polar surface area (TPSA) is 40.6 Å². The van der Waals surface area contributed by atoms with E-state index in [1.807, 2.05) is 25.1 Å². The molecule has 0 aliphatic carbocycles. The molecule has 2 aromatic carbocycles. The summed E-state index contributed by atoms with van der Waals surface area (Å²) in [6, 6.07) is 13.7. The zero-order valence-electron chi connectivity index (χ0n) is 14.4. The van der Waals surface area contributed by atoms with Crippen molar-refractivity contribution < 1.29 is 12.8 Å². The van der Waals surface area contributed by atoms with E-state index >= 15 is 0 Å². The van der Waals surface area contributed by atoms with Crippen LogP contribution in [0, 0.1) is 5.82 Å². The van der Waals surface area contributed by atoms with Crippen LogP contribution in [0.25, 0.3) is 0 Å². The maximum absolute atomic E-state index is 13.3. The molecule has 0 unspecified atom stereocenters. The molecule has 2 aromatic rings. The van der Waals surface area contributed by atoms with Gasteiger partial charge >= 0.3 is 0 Å². The van der Waals surface area contributed by atoms with Gasteiger partial charge in [0, 0.05) is 32.7 Å². The highest BCUT2D eigenvalue weighted by molar-refractivity contribution is 7.89. The van der Waals surface area contributed by atoms with Crippen LogP contribution < -0.4 is 0 Å². The Kier molecular flexibility index (Phi) is 5.51. The van der Waals surface area contributed by atoms with Crippen LogP contribution in [0.4, 0.5) is 4.39 Å². The molecule has 1 heterocycles. The van der Waals surface area contributed by atoms with Crippen molar-refractivity contribution in [2.45, 2.75) is 24.8 Å². The molecular weight excluding hydrogens is 339 g/mol. The van der Waals surface area contributed by atoms with Crippen LogP contribution in [-0.4, -0.2) is 43.8 Å². The van der Waals surface area contributed by atoms with Gasteiger partial charge in [0.15, 0.2) is 0 Å². The first kappa shape index (κ1) is 18.0. The predicted molar refractivity (Wildman–Crippen MR) is 96.3 cm³/mol. The lowest BCUT2D eigenvalue weighted by atomic mass is 10.2. The second kappa shape index (κ2) is 7.64. The Bertz CT molecular complexity index is 814. The van der Waals surface area contributed by atoms with Crippen LogP contribution in [-0.2, 0) is 23.0 Å². The van der Waals surface area contributed by atoms with E-state index in [0.717, 1.165) is 17.5 Å². The molecule has 0 spiro atoms. The normalized spacial score (nSPS) is 16.9. The fourth-order valence-electron chi connectivity index (χ4n) is 3.07. The van der Waals surface area contributed by atoms with Gasteiger partial charge in [-0.1, -0.05) is 31.2 Å². The minimum atomic E-state index is -3.44. The maximum Gasteiger partial charge on any atom is 0.243 e. The summed E-state index contributed by atoms with van der Waals surface area (Å²) in [6.07, 6.45) is 0.888. The van der Waals surface area contributed by atoms with E-state index in [0.29, 0.717) is 37.6 Å². The average Bonchev–Trinajstić information content (AvgIpc) is 2.62. The standard InChI is InChI=1S/C19H23FN2O2S/c1-2-16-6-8-19(9-7-16)25(23,24)22-12-10-21(11-13-22)15-17-4-3-5-18(20)14-17/h3-9,14H,2,10-13,15H2,1H3. The molecule has 6 heteroatoms. The maximum atomic E-state index is 13.3. The lowest BCUT2D eigenvalue weighted by Gasteiger charge is -2.34. The molecule has 1 saturated heterocycles. The van der Waals surface area contributed by atoms with Crippen LogP contribution in [0.2, 0.25) is 0 Å². The van der Waals surface area contributed by atoms with E-state index in [1.165, 1.54) is 16.4 Å². The first-order chi connectivity index (χ1) is 12.0. The second-order valence-corrected chi connectivity index (χ2v) is 8.25. The van der Waals surface area contributed by atoms with Crippen LogP contribution in [0.5, 0.6) is 0 Å². The Morgan fingerprint density at radius 1 is 0.960 bits per heavy atom. The molecule has 0 amide bonds. The van der Waals surface area contributed by atoms with Gasteiger partial charge in [0.2, 0.25) is 10.0 Å². The van der Waals surface area contributed by atoms with E-state index in [9.17, 15) is 12.8 Å². The molecule has 0 saturated carbocycles. The fourth-order valence-corrected chi connectivity index (χ4v) is 4.49. The number of piperazine rings is 1. The van der Waals surface area contributed by atoms with Crippen molar-refractivity contribution in [1.29, 1.82) is 0 Å². The van der Waals surface area contributed by atoms with Crippen LogP contribution in [0.15, 0.2) is 53.4 Å². The van der Waals surface area contributed by atoms with E-state index in [1.54, 1.807) is 18.2 Å². The smallest absolute Gasteiger partial charge is 0.243 e. The zero-order chi connectivity index (χ0) is 17.9. The molecule has 3 rings (SSSR count). The summed E-state index contributed by atoms with van der Waals surface area (Å²) in [5.41, 5.74) is 2.03. The van der Waals surface area contributed by atoms with Crippen LogP contribution >= 0.6 is 0 Å². The van der Waals surface area contributed by atoms with Gasteiger partial charge in [-0.15, -0.1) is 0 Å². The monoisotopic (exact) mass is 362 g/mol. The fraction of sp³-hybridized carbons (Fsp3) is 0.368. The lowest BCUT2D eigenvalue weighted by Crippen LogP contribution is -2.48. The number of halogens is 1. The first-order valence-corrected chi connectivity index (χ1v) is 9.99. The van der Waals surface area contributed by atoms with E-state index in [4.69, 9.17) is 0 Å². The van der Waals surface area contributed by atoms with Gasteiger partial charge in [-0.3, -0.25) is 4.90 Å². The highest BCUT2D eigenvalue weighted by atomic mass is 32.2. The molecule has 1 fully saturated rings. The summed E-state index contributed by atoms with van der Waals surface area (Å²) in [7, 11) is -3.44. The van der Waals surface area contributed by atoms with Gasteiger partial charge in [-0.25, -0.2) is 12.8 Å². The van der Waals surface area contributed by atoms with Crippen molar-refractivity contribution >= 4 is 10.0 Å². The molecule has 0 N–H and O–H groups in total. The predicted octanol–water partition coefficient (Wildman–Crippen LogP) is 2.89. The number of aryl methyl sites for hydroxylation is 1. The van der Waals surface area contributed by atoms with Crippen molar-refractivity contribution in [1.82, 2.24) is 9.21 Å².